The largest absolute Gasteiger partial charge is 0.399 e. The van der Waals surface area contributed by atoms with Gasteiger partial charge in [0.1, 0.15) is 5.82 Å². The van der Waals surface area contributed by atoms with Gasteiger partial charge in [0.2, 0.25) is 0 Å². The van der Waals surface area contributed by atoms with E-state index in [2.05, 4.69) is 0 Å². The van der Waals surface area contributed by atoms with Gasteiger partial charge in [0, 0.05) is 18.8 Å². The highest BCUT2D eigenvalue weighted by atomic mass is 19.1. The lowest BCUT2D eigenvalue weighted by atomic mass is 10.2. The van der Waals surface area contributed by atoms with Crippen molar-refractivity contribution < 1.29 is 9.50 Å². The van der Waals surface area contributed by atoms with Crippen molar-refractivity contribution in [1.29, 1.82) is 0 Å². The topological polar surface area (TPSA) is 49.5 Å². The van der Waals surface area contributed by atoms with Gasteiger partial charge in [0.25, 0.3) is 0 Å². The van der Waals surface area contributed by atoms with Crippen LogP contribution in [0.15, 0.2) is 18.2 Å². The number of nitrogens with zero attached hydrogens (tertiary/aromatic N) is 1. The highest BCUT2D eigenvalue weighted by Crippen LogP contribution is 2.25. The third-order valence-electron chi connectivity index (χ3n) is 2.48. The van der Waals surface area contributed by atoms with E-state index in [4.69, 9.17) is 5.73 Å². The lowest BCUT2D eigenvalue weighted by Crippen LogP contribution is -2.22. The van der Waals surface area contributed by atoms with Crippen molar-refractivity contribution in [2.24, 2.45) is 0 Å². The van der Waals surface area contributed by atoms with Crippen LogP contribution in [0.2, 0.25) is 0 Å². The first-order chi connectivity index (χ1) is 6.66. The average molecular weight is 196 g/mol. The molecule has 0 aliphatic carbocycles. The molecular weight excluding hydrogens is 183 g/mol. The molecule has 1 aliphatic heterocycles. The van der Waals surface area contributed by atoms with Crippen LogP contribution in [0, 0.1) is 5.82 Å². The Kier molecular flexibility index (Phi) is 2.29. The molecule has 0 amide bonds. The van der Waals surface area contributed by atoms with Crippen LogP contribution in [0.1, 0.15) is 6.42 Å². The Hall–Kier alpha value is -1.29. The second-order valence-electron chi connectivity index (χ2n) is 3.60. The second-order valence-corrected chi connectivity index (χ2v) is 3.60. The van der Waals surface area contributed by atoms with Crippen molar-refractivity contribution in [3.63, 3.8) is 0 Å². The molecule has 4 heteroatoms. The zero-order valence-electron chi connectivity index (χ0n) is 7.78. The highest BCUT2D eigenvalue weighted by molar-refractivity contribution is 5.55. The number of halogens is 1. The lowest BCUT2D eigenvalue weighted by molar-refractivity contribution is 0.198. The molecule has 1 aromatic rings. The van der Waals surface area contributed by atoms with E-state index in [1.165, 1.54) is 6.07 Å². The molecule has 0 radical (unpaired) electrons. The monoisotopic (exact) mass is 196 g/mol. The first-order valence-corrected chi connectivity index (χ1v) is 4.65. The van der Waals surface area contributed by atoms with Crippen molar-refractivity contribution in [2.75, 3.05) is 23.7 Å². The molecule has 2 rings (SSSR count). The van der Waals surface area contributed by atoms with Crippen LogP contribution in [-0.4, -0.2) is 24.3 Å². The summed E-state index contributed by atoms with van der Waals surface area (Å²) in [4.78, 5) is 1.83. The van der Waals surface area contributed by atoms with Gasteiger partial charge in [-0.15, -0.1) is 0 Å². The van der Waals surface area contributed by atoms with Gasteiger partial charge >= 0.3 is 0 Å². The number of aliphatic hydroxyl groups excluding tert-OH is 1. The SMILES string of the molecule is Nc1ccc(N2CC[C@@H](O)C2)c(F)c1. The Morgan fingerprint density at radius 1 is 1.50 bits per heavy atom. The number of nitrogen functional groups attached to an aromatic ring is 1. The number of benzene rings is 1. The molecule has 1 atom stereocenters. The molecule has 14 heavy (non-hydrogen) atoms. The smallest absolute Gasteiger partial charge is 0.148 e. The van der Waals surface area contributed by atoms with Crippen LogP contribution in [0.5, 0.6) is 0 Å². The summed E-state index contributed by atoms with van der Waals surface area (Å²) >= 11 is 0. The molecule has 3 N–H and O–H groups in total. The predicted octanol–water partition coefficient (Wildman–Crippen LogP) is 0.979. The number of nitrogens with two attached hydrogens (primary N) is 1. The van der Waals surface area contributed by atoms with Crippen LogP contribution in [0.25, 0.3) is 0 Å². The van der Waals surface area contributed by atoms with E-state index in [0.29, 0.717) is 30.9 Å². The van der Waals surface area contributed by atoms with Crippen LogP contribution < -0.4 is 10.6 Å². The van der Waals surface area contributed by atoms with Crippen LogP contribution >= 0.6 is 0 Å². The summed E-state index contributed by atoms with van der Waals surface area (Å²) in [5.74, 6) is -0.320. The van der Waals surface area contributed by atoms with E-state index < -0.39 is 0 Å². The Morgan fingerprint density at radius 3 is 2.86 bits per heavy atom. The number of β-amino-alcohol motifs (C(OH)–C–C–N with tert-alkyl or cyclic N) is 1. The number of rotatable bonds is 1. The van der Waals surface area contributed by atoms with Crippen molar-refractivity contribution in [1.82, 2.24) is 0 Å². The van der Waals surface area contributed by atoms with Crippen molar-refractivity contribution in [3.8, 4) is 0 Å². The first kappa shape index (κ1) is 9.27. The summed E-state index contributed by atoms with van der Waals surface area (Å²) in [6, 6.07) is 4.63. The molecule has 1 fully saturated rings. The fourth-order valence-electron chi connectivity index (χ4n) is 1.74. The van der Waals surface area contributed by atoms with E-state index in [1.807, 2.05) is 4.90 Å². The molecule has 0 aromatic heterocycles. The van der Waals surface area contributed by atoms with Crippen molar-refractivity contribution in [3.05, 3.63) is 24.0 Å². The Morgan fingerprint density at radius 2 is 2.29 bits per heavy atom. The van der Waals surface area contributed by atoms with Gasteiger partial charge in [-0.25, -0.2) is 4.39 Å². The van der Waals surface area contributed by atoms with Crippen molar-refractivity contribution >= 4 is 11.4 Å². The molecule has 0 unspecified atom stereocenters. The molecule has 1 aromatic carbocycles. The van der Waals surface area contributed by atoms with E-state index in [0.717, 1.165) is 0 Å². The number of hydrogen-bond donors (Lipinski definition) is 2. The van der Waals surface area contributed by atoms with Crippen LogP contribution in [-0.2, 0) is 0 Å². The maximum absolute atomic E-state index is 13.4. The minimum Gasteiger partial charge on any atom is -0.399 e. The highest BCUT2D eigenvalue weighted by Gasteiger charge is 2.22. The molecule has 1 aliphatic rings. The summed E-state index contributed by atoms with van der Waals surface area (Å²) in [5, 5.41) is 9.32. The fourth-order valence-corrected chi connectivity index (χ4v) is 1.74. The normalized spacial score (nSPS) is 21.6. The lowest BCUT2D eigenvalue weighted by Gasteiger charge is -2.18. The summed E-state index contributed by atoms with van der Waals surface area (Å²) in [7, 11) is 0. The van der Waals surface area contributed by atoms with Gasteiger partial charge in [0.15, 0.2) is 0 Å². The van der Waals surface area contributed by atoms with E-state index in [9.17, 15) is 9.50 Å². The maximum atomic E-state index is 13.4. The van der Waals surface area contributed by atoms with Gasteiger partial charge in [-0.3, -0.25) is 0 Å². The van der Waals surface area contributed by atoms with Gasteiger partial charge in [-0.2, -0.15) is 0 Å². The standard InChI is InChI=1S/C10H13FN2O/c11-9-5-7(12)1-2-10(9)13-4-3-8(14)6-13/h1-2,5,8,14H,3-4,6,12H2/t8-/m1/s1. The Balaban J connectivity index is 2.24. The summed E-state index contributed by atoms with van der Waals surface area (Å²) < 4.78 is 13.4. The van der Waals surface area contributed by atoms with E-state index in [-0.39, 0.29) is 11.9 Å². The molecule has 0 spiro atoms. The predicted molar refractivity (Wildman–Crippen MR) is 53.6 cm³/mol. The van der Waals surface area contributed by atoms with Crippen LogP contribution in [0.4, 0.5) is 15.8 Å². The second kappa shape index (κ2) is 3.46. The zero-order valence-corrected chi connectivity index (χ0v) is 7.78. The van der Waals surface area contributed by atoms with Crippen molar-refractivity contribution in [2.45, 2.75) is 12.5 Å². The molecule has 0 saturated carbocycles. The third-order valence-corrected chi connectivity index (χ3v) is 2.48. The number of aliphatic hydroxyl groups is 1. The maximum Gasteiger partial charge on any atom is 0.148 e. The molecule has 3 nitrogen and oxygen atoms in total. The number of anilines is 2. The minimum absolute atomic E-state index is 0.320. The Bertz CT molecular complexity index is 343. The van der Waals surface area contributed by atoms with E-state index >= 15 is 0 Å². The van der Waals surface area contributed by atoms with Gasteiger partial charge in [-0.05, 0) is 24.6 Å². The molecule has 76 valence electrons. The zero-order chi connectivity index (χ0) is 10.1. The molecule has 1 heterocycles. The quantitative estimate of drug-likeness (QED) is 0.658. The number of hydrogen-bond acceptors (Lipinski definition) is 3. The van der Waals surface area contributed by atoms with E-state index in [1.54, 1.807) is 12.1 Å². The van der Waals surface area contributed by atoms with Gasteiger partial charge in [0.05, 0.1) is 11.8 Å². The van der Waals surface area contributed by atoms with Gasteiger partial charge in [-0.1, -0.05) is 0 Å². The third kappa shape index (κ3) is 1.65. The molecule has 0 bridgehead atoms. The summed E-state index contributed by atoms with van der Waals surface area (Å²) in [6.07, 6.45) is 0.357. The first-order valence-electron chi connectivity index (χ1n) is 4.65. The van der Waals surface area contributed by atoms with Crippen LogP contribution in [0.3, 0.4) is 0 Å². The summed E-state index contributed by atoms with van der Waals surface area (Å²) in [5.41, 5.74) is 6.39. The summed E-state index contributed by atoms with van der Waals surface area (Å²) in [6.45, 7) is 1.20. The Labute approximate surface area is 81.9 Å². The average Bonchev–Trinajstić information content (AvgIpc) is 2.51. The fraction of sp³-hybridized carbons (Fsp3) is 0.400. The minimum atomic E-state index is -0.341. The molecule has 1 saturated heterocycles. The molecular formula is C10H13FN2O. The van der Waals surface area contributed by atoms with Gasteiger partial charge < -0.3 is 15.7 Å².